The third-order valence-corrected chi connectivity index (χ3v) is 3.77. The van der Waals surface area contributed by atoms with Gasteiger partial charge in [-0.2, -0.15) is 5.10 Å². The van der Waals surface area contributed by atoms with Gasteiger partial charge >= 0.3 is 5.97 Å². The van der Waals surface area contributed by atoms with Gasteiger partial charge in [-0.05, 0) is 12.8 Å². The molecular formula is C13H22N4O3. The van der Waals surface area contributed by atoms with E-state index in [1.807, 2.05) is 0 Å². The van der Waals surface area contributed by atoms with Gasteiger partial charge in [0.2, 0.25) is 5.91 Å². The van der Waals surface area contributed by atoms with Crippen LogP contribution in [0.3, 0.4) is 0 Å². The Bertz CT molecular complexity index is 480. The first-order valence-corrected chi connectivity index (χ1v) is 6.61. The number of aryl methyl sites for hydroxylation is 1. The van der Waals surface area contributed by atoms with E-state index in [4.69, 9.17) is 5.73 Å². The van der Waals surface area contributed by atoms with Crippen LogP contribution in [0.5, 0.6) is 0 Å². The molecule has 0 saturated carbocycles. The zero-order chi connectivity index (χ0) is 15.3. The minimum absolute atomic E-state index is 0.0716. The predicted molar refractivity (Wildman–Crippen MR) is 73.8 cm³/mol. The molecule has 1 aromatic rings. The first-order valence-electron chi connectivity index (χ1n) is 6.61. The number of hydrogen-bond acceptors (Lipinski definition) is 4. The molecule has 1 amide bonds. The summed E-state index contributed by atoms with van der Waals surface area (Å²) >= 11 is 0. The number of amides is 1. The zero-order valence-electron chi connectivity index (χ0n) is 12.1. The maximum Gasteiger partial charge on any atom is 0.311 e. The van der Waals surface area contributed by atoms with Crippen LogP contribution < -0.4 is 11.1 Å². The molecule has 0 aliphatic heterocycles. The SMILES string of the molecule is CCC(CC)(CNC(=O)C(N)c1cnn(C)c1)C(=O)O. The normalized spacial score (nSPS) is 13.0. The standard InChI is InChI=1S/C13H22N4O3/c1-4-13(5-2,12(19)20)8-15-11(18)10(14)9-6-16-17(3)7-9/h6-7,10H,4-5,8,14H2,1-3H3,(H,15,18)(H,19,20). The topological polar surface area (TPSA) is 110 Å². The molecule has 0 aliphatic rings. The average molecular weight is 282 g/mol. The average Bonchev–Trinajstić information content (AvgIpc) is 2.85. The molecule has 0 bridgehead atoms. The largest absolute Gasteiger partial charge is 0.481 e. The molecule has 1 atom stereocenters. The number of nitrogens with two attached hydrogens (primary N) is 1. The molecule has 0 fully saturated rings. The fourth-order valence-electron chi connectivity index (χ4n) is 2.00. The number of rotatable bonds is 7. The molecule has 0 aliphatic carbocycles. The van der Waals surface area contributed by atoms with E-state index in [-0.39, 0.29) is 6.54 Å². The number of carboxylic acids is 1. The fourth-order valence-corrected chi connectivity index (χ4v) is 2.00. The molecule has 7 nitrogen and oxygen atoms in total. The Morgan fingerprint density at radius 2 is 2.10 bits per heavy atom. The third-order valence-electron chi connectivity index (χ3n) is 3.77. The van der Waals surface area contributed by atoms with Crippen LogP contribution in [0.1, 0.15) is 38.3 Å². The number of nitrogens with zero attached hydrogens (tertiary/aromatic N) is 2. The quantitative estimate of drug-likeness (QED) is 0.671. The Labute approximate surface area is 118 Å². The second kappa shape index (κ2) is 6.51. The van der Waals surface area contributed by atoms with Crippen LogP contribution in [-0.4, -0.2) is 33.3 Å². The third kappa shape index (κ3) is 3.36. The van der Waals surface area contributed by atoms with Crippen LogP contribution >= 0.6 is 0 Å². The van der Waals surface area contributed by atoms with Crippen molar-refractivity contribution in [2.24, 2.45) is 18.2 Å². The van der Waals surface area contributed by atoms with Crippen molar-refractivity contribution in [3.05, 3.63) is 18.0 Å². The van der Waals surface area contributed by atoms with Crippen molar-refractivity contribution in [2.75, 3.05) is 6.54 Å². The predicted octanol–water partition coefficient (Wildman–Crippen LogP) is 0.427. The summed E-state index contributed by atoms with van der Waals surface area (Å²) in [6.45, 7) is 3.66. The molecule has 1 unspecified atom stereocenters. The highest BCUT2D eigenvalue weighted by Gasteiger charge is 2.35. The van der Waals surface area contributed by atoms with Crippen molar-refractivity contribution in [1.82, 2.24) is 15.1 Å². The molecule has 0 spiro atoms. The van der Waals surface area contributed by atoms with Crippen molar-refractivity contribution in [3.8, 4) is 0 Å². The van der Waals surface area contributed by atoms with Crippen molar-refractivity contribution in [2.45, 2.75) is 32.7 Å². The summed E-state index contributed by atoms with van der Waals surface area (Å²) in [6, 6.07) is -0.844. The minimum Gasteiger partial charge on any atom is -0.481 e. The van der Waals surface area contributed by atoms with E-state index in [1.165, 1.54) is 6.20 Å². The molecular weight excluding hydrogens is 260 g/mol. The van der Waals surface area contributed by atoms with E-state index in [0.29, 0.717) is 18.4 Å². The number of carboxylic acid groups (broad SMARTS) is 1. The number of aromatic nitrogens is 2. The molecule has 4 N–H and O–H groups in total. The summed E-state index contributed by atoms with van der Waals surface area (Å²) in [5, 5.41) is 15.9. The Kier molecular flexibility index (Phi) is 5.26. The van der Waals surface area contributed by atoms with Gasteiger partial charge in [0.05, 0.1) is 11.6 Å². The van der Waals surface area contributed by atoms with Gasteiger partial charge in [-0.15, -0.1) is 0 Å². The molecule has 1 rings (SSSR count). The maximum atomic E-state index is 12.0. The number of aliphatic carboxylic acids is 1. The van der Waals surface area contributed by atoms with Crippen molar-refractivity contribution >= 4 is 11.9 Å². The van der Waals surface area contributed by atoms with Gasteiger partial charge in [-0.3, -0.25) is 14.3 Å². The molecule has 112 valence electrons. The maximum absolute atomic E-state index is 12.0. The molecule has 1 heterocycles. The second-order valence-corrected chi connectivity index (χ2v) is 4.94. The lowest BCUT2D eigenvalue weighted by Crippen LogP contribution is -2.45. The van der Waals surface area contributed by atoms with Crippen molar-refractivity contribution in [1.29, 1.82) is 0 Å². The van der Waals surface area contributed by atoms with Crippen molar-refractivity contribution < 1.29 is 14.7 Å². The highest BCUT2D eigenvalue weighted by molar-refractivity contribution is 5.84. The summed E-state index contributed by atoms with van der Waals surface area (Å²) in [5.74, 6) is -1.30. The molecule has 0 aromatic carbocycles. The highest BCUT2D eigenvalue weighted by Crippen LogP contribution is 2.25. The van der Waals surface area contributed by atoms with Gasteiger partial charge < -0.3 is 16.2 Å². The summed E-state index contributed by atoms with van der Waals surface area (Å²) in [4.78, 5) is 23.3. The summed E-state index contributed by atoms with van der Waals surface area (Å²) in [5.41, 5.74) is 5.48. The molecule has 20 heavy (non-hydrogen) atoms. The fraction of sp³-hybridized carbons (Fsp3) is 0.615. The Balaban J connectivity index is 2.69. The van der Waals surface area contributed by atoms with E-state index in [1.54, 1.807) is 31.8 Å². The van der Waals surface area contributed by atoms with Gasteiger partial charge in [0.15, 0.2) is 0 Å². The van der Waals surface area contributed by atoms with Crippen LogP contribution in [0.4, 0.5) is 0 Å². The zero-order valence-corrected chi connectivity index (χ0v) is 12.1. The van der Waals surface area contributed by atoms with Gasteiger partial charge in [0.1, 0.15) is 6.04 Å². The Hall–Kier alpha value is -1.89. The Morgan fingerprint density at radius 3 is 2.50 bits per heavy atom. The van der Waals surface area contributed by atoms with Crippen LogP contribution in [-0.2, 0) is 16.6 Å². The number of hydrogen-bond donors (Lipinski definition) is 3. The lowest BCUT2D eigenvalue weighted by Gasteiger charge is -2.27. The molecule has 7 heteroatoms. The smallest absolute Gasteiger partial charge is 0.311 e. The van der Waals surface area contributed by atoms with Crippen molar-refractivity contribution in [3.63, 3.8) is 0 Å². The van der Waals surface area contributed by atoms with E-state index in [2.05, 4.69) is 10.4 Å². The molecule has 0 radical (unpaired) electrons. The van der Waals surface area contributed by atoms with Crippen LogP contribution in [0, 0.1) is 5.41 Å². The van der Waals surface area contributed by atoms with E-state index < -0.39 is 23.3 Å². The lowest BCUT2D eigenvalue weighted by atomic mass is 9.82. The summed E-state index contributed by atoms with van der Waals surface area (Å²) in [7, 11) is 1.73. The van der Waals surface area contributed by atoms with Gasteiger partial charge in [0.25, 0.3) is 0 Å². The molecule has 1 aromatic heterocycles. The highest BCUT2D eigenvalue weighted by atomic mass is 16.4. The van der Waals surface area contributed by atoms with Gasteiger partial charge in [0, 0.05) is 25.4 Å². The first-order chi connectivity index (χ1) is 9.36. The van der Waals surface area contributed by atoms with Gasteiger partial charge in [-0.1, -0.05) is 13.8 Å². The Morgan fingerprint density at radius 1 is 1.50 bits per heavy atom. The number of nitrogens with one attached hydrogen (secondary N) is 1. The second-order valence-electron chi connectivity index (χ2n) is 4.94. The van der Waals surface area contributed by atoms with Gasteiger partial charge in [-0.25, -0.2) is 0 Å². The van der Waals surface area contributed by atoms with Crippen LogP contribution in [0.2, 0.25) is 0 Å². The number of carbonyl (C=O) groups is 2. The summed E-state index contributed by atoms with van der Waals surface area (Å²) < 4.78 is 1.56. The van der Waals surface area contributed by atoms with E-state index >= 15 is 0 Å². The van der Waals surface area contributed by atoms with E-state index in [9.17, 15) is 14.7 Å². The first kappa shape index (κ1) is 16.2. The lowest BCUT2D eigenvalue weighted by molar-refractivity contribution is -0.149. The van der Waals surface area contributed by atoms with Crippen LogP contribution in [0.15, 0.2) is 12.4 Å². The molecule has 0 saturated heterocycles. The summed E-state index contributed by atoms with van der Waals surface area (Å²) in [6.07, 6.45) is 4.07. The van der Waals surface area contributed by atoms with Crippen LogP contribution in [0.25, 0.3) is 0 Å². The number of carbonyl (C=O) groups excluding carboxylic acids is 1. The minimum atomic E-state index is -0.940. The monoisotopic (exact) mass is 282 g/mol. The van der Waals surface area contributed by atoms with E-state index in [0.717, 1.165) is 0 Å².